The zero-order valence-electron chi connectivity index (χ0n) is 14.0. The van der Waals surface area contributed by atoms with Crippen LogP contribution in [0.3, 0.4) is 0 Å². The van der Waals surface area contributed by atoms with E-state index >= 15 is 0 Å². The summed E-state index contributed by atoms with van der Waals surface area (Å²) in [5.74, 6) is 0.563. The molecule has 1 N–H and O–H groups in total. The first kappa shape index (κ1) is 17.1. The summed E-state index contributed by atoms with van der Waals surface area (Å²) in [7, 11) is 0. The van der Waals surface area contributed by atoms with E-state index < -0.39 is 0 Å². The fourth-order valence-electron chi connectivity index (χ4n) is 3.07. The molecule has 3 rings (SSSR count). The maximum absolute atomic E-state index is 12.2. The van der Waals surface area contributed by atoms with Gasteiger partial charge in [0.2, 0.25) is 5.91 Å². The Morgan fingerprint density at radius 1 is 1.38 bits per heavy atom. The molecule has 128 valence electrons. The molecule has 0 bridgehead atoms. The van der Waals surface area contributed by atoms with Gasteiger partial charge in [-0.3, -0.25) is 4.79 Å². The number of ether oxygens (including phenoxy) is 1. The van der Waals surface area contributed by atoms with E-state index in [1.54, 1.807) is 11.3 Å². The van der Waals surface area contributed by atoms with Gasteiger partial charge in [-0.25, -0.2) is 4.98 Å². The van der Waals surface area contributed by atoms with E-state index in [0.29, 0.717) is 25.0 Å². The normalized spacial score (nSPS) is 20.7. The van der Waals surface area contributed by atoms with E-state index in [2.05, 4.69) is 17.2 Å². The van der Waals surface area contributed by atoms with E-state index in [-0.39, 0.29) is 5.91 Å². The van der Waals surface area contributed by atoms with Gasteiger partial charge in [0.15, 0.2) is 0 Å². The van der Waals surface area contributed by atoms with Crippen LogP contribution in [0.5, 0.6) is 0 Å². The highest BCUT2D eigenvalue weighted by atomic mass is 32.1. The van der Waals surface area contributed by atoms with Gasteiger partial charge >= 0.3 is 0 Å². The van der Waals surface area contributed by atoms with Gasteiger partial charge in [0.25, 0.3) is 0 Å². The first-order valence-electron chi connectivity index (χ1n) is 8.62. The number of nitrogens with zero attached hydrogens (tertiary/aromatic N) is 1. The molecule has 0 saturated carbocycles. The first-order chi connectivity index (χ1) is 11.7. The monoisotopic (exact) mass is 344 g/mol. The molecule has 2 aromatic rings. The molecule has 2 unspecified atom stereocenters. The highest BCUT2D eigenvalue weighted by Crippen LogP contribution is 2.25. The Labute approximate surface area is 147 Å². The molecule has 1 amide bonds. The maximum atomic E-state index is 12.2. The lowest BCUT2D eigenvalue weighted by atomic mass is 9.91. The number of aromatic nitrogens is 1. The average Bonchev–Trinajstić information content (AvgIpc) is 3.10. The zero-order valence-corrected chi connectivity index (χ0v) is 14.8. The second-order valence-electron chi connectivity index (χ2n) is 6.26. The Morgan fingerprint density at radius 3 is 3.00 bits per heavy atom. The quantitative estimate of drug-likeness (QED) is 0.861. The van der Waals surface area contributed by atoms with Crippen molar-refractivity contribution in [1.29, 1.82) is 0 Å². The summed E-state index contributed by atoms with van der Waals surface area (Å²) >= 11 is 1.59. The largest absolute Gasteiger partial charge is 0.378 e. The summed E-state index contributed by atoms with van der Waals surface area (Å²) in [6, 6.07) is 10.1. The van der Waals surface area contributed by atoms with Crippen LogP contribution in [0.15, 0.2) is 35.7 Å². The van der Waals surface area contributed by atoms with Crippen molar-refractivity contribution in [3.63, 3.8) is 0 Å². The molecule has 1 saturated heterocycles. The lowest BCUT2D eigenvalue weighted by Crippen LogP contribution is -2.30. The summed E-state index contributed by atoms with van der Waals surface area (Å²) in [6.07, 6.45) is 3.93. The molecule has 0 spiro atoms. The first-order valence-corrected chi connectivity index (χ1v) is 9.50. The van der Waals surface area contributed by atoms with Crippen LogP contribution >= 0.6 is 11.3 Å². The van der Waals surface area contributed by atoms with Crippen LogP contribution in [0.1, 0.15) is 37.6 Å². The van der Waals surface area contributed by atoms with E-state index in [1.165, 1.54) is 0 Å². The van der Waals surface area contributed by atoms with E-state index in [1.807, 2.05) is 35.7 Å². The molecule has 5 heteroatoms. The fraction of sp³-hybridized carbons (Fsp3) is 0.474. The summed E-state index contributed by atoms with van der Waals surface area (Å²) < 4.78 is 5.67. The predicted molar refractivity (Wildman–Crippen MR) is 96.8 cm³/mol. The number of benzene rings is 1. The van der Waals surface area contributed by atoms with Crippen molar-refractivity contribution < 1.29 is 9.53 Å². The standard InChI is InChI=1S/C19H24N2O2S/c1-2-16-10-14(8-9-23-16)11-18(22)20-12-19-21-17(13-24-19)15-6-4-3-5-7-15/h3-7,13-14,16H,2,8-12H2,1H3,(H,20,22). The molecule has 0 radical (unpaired) electrons. The van der Waals surface area contributed by atoms with Gasteiger partial charge in [-0.2, -0.15) is 0 Å². The topological polar surface area (TPSA) is 51.2 Å². The van der Waals surface area contributed by atoms with Crippen molar-refractivity contribution >= 4 is 17.2 Å². The van der Waals surface area contributed by atoms with Gasteiger partial charge in [0.1, 0.15) is 5.01 Å². The number of hydrogen-bond acceptors (Lipinski definition) is 4. The molecule has 4 nitrogen and oxygen atoms in total. The third-order valence-corrected chi connectivity index (χ3v) is 5.31. The van der Waals surface area contributed by atoms with Crippen molar-refractivity contribution in [3.8, 4) is 11.3 Å². The molecule has 2 atom stereocenters. The molecule has 2 heterocycles. The van der Waals surface area contributed by atoms with Crippen molar-refractivity contribution in [1.82, 2.24) is 10.3 Å². The minimum Gasteiger partial charge on any atom is -0.378 e. The highest BCUT2D eigenvalue weighted by molar-refractivity contribution is 7.09. The average molecular weight is 344 g/mol. The Kier molecular flexibility index (Phi) is 5.99. The summed E-state index contributed by atoms with van der Waals surface area (Å²) in [5, 5.41) is 6.00. The predicted octanol–water partition coefficient (Wildman–Crippen LogP) is 4.02. The Bertz CT molecular complexity index is 656. The number of carbonyl (C=O) groups excluding carboxylic acids is 1. The van der Waals surface area contributed by atoms with Crippen molar-refractivity contribution in [2.75, 3.05) is 6.61 Å². The molecule has 24 heavy (non-hydrogen) atoms. The molecule has 1 aromatic heterocycles. The molecule has 1 fully saturated rings. The number of thiazole rings is 1. The molecule has 1 aromatic carbocycles. The fourth-order valence-corrected chi connectivity index (χ4v) is 3.81. The number of nitrogens with one attached hydrogen (secondary N) is 1. The second kappa shape index (κ2) is 8.40. The Morgan fingerprint density at radius 2 is 2.21 bits per heavy atom. The summed E-state index contributed by atoms with van der Waals surface area (Å²) in [6.45, 7) is 3.43. The van der Waals surface area contributed by atoms with Gasteiger partial charge in [-0.1, -0.05) is 37.3 Å². The summed E-state index contributed by atoms with van der Waals surface area (Å²) in [4.78, 5) is 16.8. The minimum absolute atomic E-state index is 0.119. The molecule has 1 aliphatic rings. The van der Waals surface area contributed by atoms with Crippen molar-refractivity contribution in [2.45, 2.75) is 45.3 Å². The van der Waals surface area contributed by atoms with E-state index in [0.717, 1.165) is 42.1 Å². The van der Waals surface area contributed by atoms with Crippen LogP contribution in [0.2, 0.25) is 0 Å². The smallest absolute Gasteiger partial charge is 0.220 e. The van der Waals surface area contributed by atoms with Crippen LogP contribution in [-0.2, 0) is 16.1 Å². The van der Waals surface area contributed by atoms with E-state index in [4.69, 9.17) is 4.74 Å². The van der Waals surface area contributed by atoms with Gasteiger partial charge in [0, 0.05) is 24.0 Å². The number of hydrogen-bond donors (Lipinski definition) is 1. The van der Waals surface area contributed by atoms with Crippen LogP contribution in [0, 0.1) is 5.92 Å². The van der Waals surface area contributed by atoms with Crippen LogP contribution in [0.25, 0.3) is 11.3 Å². The molecular weight excluding hydrogens is 320 g/mol. The van der Waals surface area contributed by atoms with Gasteiger partial charge in [0.05, 0.1) is 18.3 Å². The molecule has 1 aliphatic heterocycles. The van der Waals surface area contributed by atoms with Gasteiger partial charge in [-0.05, 0) is 25.2 Å². The van der Waals surface area contributed by atoms with Crippen LogP contribution in [-0.4, -0.2) is 23.6 Å². The lowest BCUT2D eigenvalue weighted by molar-refractivity contribution is -0.123. The Hall–Kier alpha value is -1.72. The molecule has 0 aliphatic carbocycles. The third-order valence-electron chi connectivity index (χ3n) is 4.46. The summed E-state index contributed by atoms with van der Waals surface area (Å²) in [5.41, 5.74) is 2.08. The van der Waals surface area contributed by atoms with E-state index in [9.17, 15) is 4.79 Å². The number of rotatable bonds is 6. The second-order valence-corrected chi connectivity index (χ2v) is 7.21. The van der Waals surface area contributed by atoms with Crippen LogP contribution in [0.4, 0.5) is 0 Å². The van der Waals surface area contributed by atoms with Gasteiger partial charge < -0.3 is 10.1 Å². The number of carbonyl (C=O) groups is 1. The third kappa shape index (κ3) is 4.65. The van der Waals surface area contributed by atoms with Gasteiger partial charge in [-0.15, -0.1) is 11.3 Å². The van der Waals surface area contributed by atoms with Crippen molar-refractivity contribution in [3.05, 3.63) is 40.7 Å². The SMILES string of the molecule is CCC1CC(CC(=O)NCc2nc(-c3ccccc3)cs2)CCO1. The maximum Gasteiger partial charge on any atom is 0.220 e. The molecular formula is C19H24N2O2S. The lowest BCUT2D eigenvalue weighted by Gasteiger charge is -2.28. The zero-order chi connectivity index (χ0) is 16.8. The minimum atomic E-state index is 0.119. The van der Waals surface area contributed by atoms with Crippen LogP contribution < -0.4 is 5.32 Å². The van der Waals surface area contributed by atoms with Crippen molar-refractivity contribution in [2.24, 2.45) is 5.92 Å². The number of amides is 1. The highest BCUT2D eigenvalue weighted by Gasteiger charge is 2.23. The Balaban J connectivity index is 1.47.